The number of amides is 2. The molecule has 270 valence electrons. The Morgan fingerprint density at radius 2 is 1.06 bits per heavy atom. The maximum atomic E-state index is 12.5. The Morgan fingerprint density at radius 1 is 0.714 bits per heavy atom. The number of carbonyl (C=O) groups excluding carboxylic acids is 3. The van der Waals surface area contributed by atoms with E-state index in [2.05, 4.69) is 25.3 Å². The zero-order valence-corrected chi connectivity index (χ0v) is 29.9. The number of methoxy groups -OCH3 is 1. The first-order valence-corrected chi connectivity index (χ1v) is 13.6. The fourth-order valence-electron chi connectivity index (χ4n) is 3.33. The molecular weight excluding hydrogens is 685 g/mol. The molecule has 2 rings (SSSR count). The maximum Gasteiger partial charge on any atom is 1.00 e. The summed E-state index contributed by atoms with van der Waals surface area (Å²) in [6, 6.07) is 1.40. The molecule has 0 aliphatic heterocycles. The monoisotopic (exact) mass is 722 g/mol. The molecule has 20 heteroatoms. The number of carboxylic acids is 1. The molecular formula is C29H37F6N4NaO9. The van der Waals surface area contributed by atoms with E-state index in [1.807, 2.05) is 0 Å². The van der Waals surface area contributed by atoms with Crippen LogP contribution in [-0.2, 0) is 49.0 Å². The Labute approximate surface area is 300 Å². The van der Waals surface area contributed by atoms with Crippen LogP contribution in [0.4, 0.5) is 35.9 Å². The number of nitrogens with zero attached hydrogens (tertiary/aromatic N) is 2. The fourth-order valence-corrected chi connectivity index (χ4v) is 3.33. The van der Waals surface area contributed by atoms with Gasteiger partial charge in [0.25, 0.3) is 0 Å². The number of alkyl halides is 6. The quantitative estimate of drug-likeness (QED) is 0.156. The zero-order valence-electron chi connectivity index (χ0n) is 27.9. The first-order valence-electron chi connectivity index (χ1n) is 13.6. The van der Waals surface area contributed by atoms with Crippen molar-refractivity contribution in [3.05, 3.63) is 59.2 Å². The summed E-state index contributed by atoms with van der Waals surface area (Å²) in [6.45, 7) is 9.80. The van der Waals surface area contributed by atoms with Crippen molar-refractivity contribution in [1.29, 1.82) is 0 Å². The molecule has 0 spiro atoms. The van der Waals surface area contributed by atoms with Crippen LogP contribution in [0.15, 0.2) is 36.7 Å². The summed E-state index contributed by atoms with van der Waals surface area (Å²) in [6.07, 6.45) is -9.27. The smallest absolute Gasteiger partial charge is 0.870 e. The molecule has 0 aliphatic carbocycles. The number of esters is 1. The molecule has 0 aromatic carbocycles. The van der Waals surface area contributed by atoms with E-state index in [4.69, 9.17) is 14.6 Å². The topological polar surface area (TPSA) is 196 Å². The Hall–Kier alpha value is -3.68. The third kappa shape index (κ3) is 19.2. The molecule has 2 heterocycles. The molecule has 2 aromatic heterocycles. The molecule has 0 bridgehead atoms. The van der Waals surface area contributed by atoms with Crippen molar-refractivity contribution in [2.45, 2.75) is 90.0 Å². The van der Waals surface area contributed by atoms with Gasteiger partial charge in [-0.1, -0.05) is 12.1 Å². The van der Waals surface area contributed by atoms with Gasteiger partial charge in [0.05, 0.1) is 7.11 Å². The number of halogens is 6. The minimum absolute atomic E-state index is 0. The second-order valence-electron chi connectivity index (χ2n) is 11.8. The van der Waals surface area contributed by atoms with Gasteiger partial charge < -0.3 is 35.4 Å². The summed E-state index contributed by atoms with van der Waals surface area (Å²) >= 11 is 0. The Bertz CT molecular complexity index is 1360. The van der Waals surface area contributed by atoms with E-state index < -0.39 is 71.2 Å². The van der Waals surface area contributed by atoms with Gasteiger partial charge >= 0.3 is 66.0 Å². The summed E-state index contributed by atoms with van der Waals surface area (Å²) < 4.78 is 89.3. The minimum atomic E-state index is -4.57. The Morgan fingerprint density at radius 3 is 1.33 bits per heavy atom. The molecule has 0 unspecified atom stereocenters. The van der Waals surface area contributed by atoms with Crippen LogP contribution in [0.25, 0.3) is 0 Å². The van der Waals surface area contributed by atoms with Crippen molar-refractivity contribution in [2.75, 3.05) is 7.11 Å². The van der Waals surface area contributed by atoms with E-state index in [9.17, 15) is 45.5 Å². The second-order valence-corrected chi connectivity index (χ2v) is 11.8. The first-order chi connectivity index (χ1) is 21.3. The van der Waals surface area contributed by atoms with Gasteiger partial charge in [-0.25, -0.2) is 19.2 Å². The summed E-state index contributed by atoms with van der Waals surface area (Å²) in [5.41, 5.74) is -3.12. The zero-order chi connectivity index (χ0) is 36.4. The molecule has 0 saturated heterocycles. The van der Waals surface area contributed by atoms with Crippen molar-refractivity contribution in [2.24, 2.45) is 0 Å². The van der Waals surface area contributed by atoms with Crippen molar-refractivity contribution < 1.29 is 99.9 Å². The van der Waals surface area contributed by atoms with Gasteiger partial charge in [-0.3, -0.25) is 9.97 Å². The summed E-state index contributed by atoms with van der Waals surface area (Å²) in [7, 11) is 1.14. The molecule has 0 radical (unpaired) electrons. The van der Waals surface area contributed by atoms with E-state index >= 15 is 0 Å². The minimum Gasteiger partial charge on any atom is -0.870 e. The number of carbonyl (C=O) groups is 4. The van der Waals surface area contributed by atoms with Crippen molar-refractivity contribution in [1.82, 2.24) is 20.6 Å². The van der Waals surface area contributed by atoms with Crippen LogP contribution < -0.4 is 40.2 Å². The van der Waals surface area contributed by atoms with Crippen LogP contribution >= 0.6 is 0 Å². The first kappa shape index (κ1) is 47.4. The third-order valence-corrected chi connectivity index (χ3v) is 5.28. The Kier molecular flexibility index (Phi) is 18.9. The van der Waals surface area contributed by atoms with Crippen LogP contribution in [-0.4, -0.2) is 75.1 Å². The number of alkyl carbamates (subject to hydrolysis) is 2. The van der Waals surface area contributed by atoms with Crippen LogP contribution in [0.3, 0.4) is 0 Å². The van der Waals surface area contributed by atoms with Crippen LogP contribution in [0.2, 0.25) is 0 Å². The molecule has 2 amide bonds. The molecule has 0 fully saturated rings. The van der Waals surface area contributed by atoms with Gasteiger partial charge in [-0.15, -0.1) is 0 Å². The molecule has 2 aromatic rings. The van der Waals surface area contributed by atoms with E-state index in [-0.39, 0.29) is 53.4 Å². The van der Waals surface area contributed by atoms with E-state index in [0.29, 0.717) is 5.56 Å². The number of hydrogen-bond acceptors (Lipinski definition) is 10. The van der Waals surface area contributed by atoms with Gasteiger partial charge in [-0.2, -0.15) is 26.3 Å². The number of ether oxygens (including phenoxy) is 3. The van der Waals surface area contributed by atoms with Gasteiger partial charge in [-0.05, 0) is 64.8 Å². The second kappa shape index (κ2) is 19.5. The SMILES string of the molecule is CC(C)(C)OC(=O)N[C@H](Cc1ccc(C(F)(F)F)nc1)C(=O)O.COC(=O)[C@@H](Cc1ccc(C(F)(F)F)nc1)NC(=O)OC(C)(C)C.[Na+].[OH-]. The van der Waals surface area contributed by atoms with Gasteiger partial charge in [0.2, 0.25) is 0 Å². The van der Waals surface area contributed by atoms with Crippen molar-refractivity contribution in [3.63, 3.8) is 0 Å². The average molecular weight is 723 g/mol. The third-order valence-electron chi connectivity index (χ3n) is 5.28. The molecule has 2 atom stereocenters. The summed E-state index contributed by atoms with van der Waals surface area (Å²) in [5, 5.41) is 13.6. The predicted octanol–water partition coefficient (Wildman–Crippen LogP) is 2.16. The largest absolute Gasteiger partial charge is 1.00 e. The molecule has 49 heavy (non-hydrogen) atoms. The fraction of sp³-hybridized carbons (Fsp3) is 0.517. The number of aliphatic carboxylic acids is 1. The van der Waals surface area contributed by atoms with Gasteiger partial charge in [0, 0.05) is 25.2 Å². The van der Waals surface area contributed by atoms with Crippen LogP contribution in [0, 0.1) is 0 Å². The van der Waals surface area contributed by atoms with E-state index in [1.54, 1.807) is 41.5 Å². The summed E-state index contributed by atoms with van der Waals surface area (Å²) in [5.74, 6) is -2.09. The normalized spacial score (nSPS) is 12.7. The number of hydrogen-bond donors (Lipinski definition) is 3. The van der Waals surface area contributed by atoms with E-state index in [0.717, 1.165) is 37.7 Å². The predicted molar refractivity (Wildman–Crippen MR) is 154 cm³/mol. The molecule has 0 aliphatic rings. The number of rotatable bonds is 8. The maximum absolute atomic E-state index is 12.5. The van der Waals surface area contributed by atoms with Crippen molar-refractivity contribution in [3.8, 4) is 0 Å². The Balaban J connectivity index is 0. The number of aromatic nitrogens is 2. The molecule has 0 saturated carbocycles. The van der Waals surface area contributed by atoms with E-state index in [1.165, 1.54) is 6.07 Å². The molecule has 13 nitrogen and oxygen atoms in total. The molecule has 4 N–H and O–H groups in total. The average Bonchev–Trinajstić information content (AvgIpc) is 2.89. The number of pyridine rings is 2. The van der Waals surface area contributed by atoms with Crippen molar-refractivity contribution >= 4 is 24.1 Å². The number of carboxylic acid groups (broad SMARTS) is 1. The standard InChI is InChI=1S/C15H19F3N2O4.C14H17F3N2O4.Na.H2O/c1-14(2,3)24-13(22)20-10(12(21)23-4)7-9-5-6-11(19-8-9)15(16,17)18;1-13(2,3)23-12(22)19-9(11(20)21)6-8-4-5-10(18-7-8)14(15,16)17;;/h5-6,8,10H,7H2,1-4H3,(H,20,22);4-5,7,9H,6H2,1-3H3,(H,19,22)(H,20,21);;1H2/q;;+1;/p-1/t10-;9-;;/m11../s1. The van der Waals surface area contributed by atoms with Crippen LogP contribution in [0.1, 0.15) is 64.1 Å². The van der Waals surface area contributed by atoms with Gasteiger partial charge in [0.1, 0.15) is 34.7 Å². The van der Waals surface area contributed by atoms with Crippen LogP contribution in [0.5, 0.6) is 0 Å². The van der Waals surface area contributed by atoms with Gasteiger partial charge in [0.15, 0.2) is 0 Å². The number of nitrogens with one attached hydrogen (secondary N) is 2. The summed E-state index contributed by atoms with van der Waals surface area (Å²) in [4.78, 5) is 52.8.